The van der Waals surface area contributed by atoms with Crippen molar-refractivity contribution >= 4 is 34.3 Å². The number of thioether (sulfide) groups is 1. The molecule has 0 spiro atoms. The van der Waals surface area contributed by atoms with Crippen molar-refractivity contribution in [3.63, 3.8) is 0 Å². The maximum atomic E-state index is 12.9. The van der Waals surface area contributed by atoms with Crippen molar-refractivity contribution in [3.05, 3.63) is 66.9 Å². The summed E-state index contributed by atoms with van der Waals surface area (Å²) in [7, 11) is 1.66. The summed E-state index contributed by atoms with van der Waals surface area (Å²) in [6.45, 7) is 2.98. The molecule has 2 heterocycles. The largest absolute Gasteiger partial charge is 0.383 e. The summed E-state index contributed by atoms with van der Waals surface area (Å²) in [5, 5.41) is 13.0. The molecule has 0 aliphatic rings. The van der Waals surface area contributed by atoms with Gasteiger partial charge in [-0.1, -0.05) is 48.2 Å². The minimum absolute atomic E-state index is 0.107. The van der Waals surface area contributed by atoms with E-state index in [4.69, 9.17) is 4.74 Å². The van der Waals surface area contributed by atoms with Gasteiger partial charge in [0.25, 0.3) is 0 Å². The number of ether oxygens (including phenoxy) is 1. The van der Waals surface area contributed by atoms with Crippen LogP contribution < -0.4 is 5.32 Å². The SMILES string of the molecule is COCCn1c(SC(C)C(=O)Nc2cccc3ncccc23)nnc1-c1ccccc1. The lowest BCUT2D eigenvalue weighted by molar-refractivity contribution is -0.115. The van der Waals surface area contributed by atoms with Gasteiger partial charge in [0.05, 0.1) is 29.6 Å². The first-order valence-corrected chi connectivity index (χ1v) is 10.8. The Morgan fingerprint density at radius 2 is 1.94 bits per heavy atom. The summed E-state index contributed by atoms with van der Waals surface area (Å²) >= 11 is 1.38. The summed E-state index contributed by atoms with van der Waals surface area (Å²) in [5.74, 6) is 0.650. The number of methoxy groups -OCH3 is 1. The van der Waals surface area contributed by atoms with Crippen LogP contribution in [0.1, 0.15) is 6.92 Å². The number of pyridine rings is 1. The van der Waals surface area contributed by atoms with Gasteiger partial charge in [0.15, 0.2) is 11.0 Å². The lowest BCUT2D eigenvalue weighted by atomic mass is 10.2. The predicted molar refractivity (Wildman–Crippen MR) is 123 cm³/mol. The first-order chi connectivity index (χ1) is 15.2. The Morgan fingerprint density at radius 3 is 2.74 bits per heavy atom. The van der Waals surface area contributed by atoms with E-state index in [-0.39, 0.29) is 11.2 Å². The topological polar surface area (TPSA) is 81.9 Å². The third kappa shape index (κ3) is 4.76. The van der Waals surface area contributed by atoms with Crippen molar-refractivity contribution in [1.82, 2.24) is 19.7 Å². The van der Waals surface area contributed by atoms with E-state index in [1.54, 1.807) is 13.3 Å². The number of fused-ring (bicyclic) bond motifs is 1. The Balaban J connectivity index is 1.54. The van der Waals surface area contributed by atoms with Crippen LogP contribution in [0, 0.1) is 0 Å². The molecule has 0 aliphatic heterocycles. The number of rotatable bonds is 8. The Bertz CT molecular complexity index is 1170. The average Bonchev–Trinajstić information content (AvgIpc) is 3.20. The number of nitrogens with one attached hydrogen (secondary N) is 1. The van der Waals surface area contributed by atoms with E-state index in [0.29, 0.717) is 18.3 Å². The van der Waals surface area contributed by atoms with Crippen LogP contribution in [-0.4, -0.2) is 44.6 Å². The normalized spacial score (nSPS) is 12.1. The smallest absolute Gasteiger partial charge is 0.237 e. The number of hydrogen-bond donors (Lipinski definition) is 1. The summed E-state index contributed by atoms with van der Waals surface area (Å²) in [6.07, 6.45) is 1.74. The minimum atomic E-state index is -0.374. The first kappa shape index (κ1) is 21.0. The minimum Gasteiger partial charge on any atom is -0.383 e. The molecule has 0 bridgehead atoms. The van der Waals surface area contributed by atoms with Crippen LogP contribution in [0.4, 0.5) is 5.69 Å². The molecule has 0 saturated carbocycles. The zero-order valence-electron chi connectivity index (χ0n) is 17.4. The molecule has 0 radical (unpaired) electrons. The lowest BCUT2D eigenvalue weighted by Gasteiger charge is -2.14. The molecular weight excluding hydrogens is 410 g/mol. The number of anilines is 1. The maximum Gasteiger partial charge on any atom is 0.237 e. The molecule has 4 rings (SSSR count). The molecule has 7 nitrogen and oxygen atoms in total. The molecule has 158 valence electrons. The lowest BCUT2D eigenvalue weighted by Crippen LogP contribution is -2.23. The molecule has 31 heavy (non-hydrogen) atoms. The van der Waals surface area contributed by atoms with E-state index >= 15 is 0 Å². The molecule has 1 atom stereocenters. The predicted octanol–water partition coefficient (Wildman–Crippen LogP) is 4.26. The van der Waals surface area contributed by atoms with Crippen molar-refractivity contribution in [2.24, 2.45) is 0 Å². The molecular formula is C23H23N5O2S. The highest BCUT2D eigenvalue weighted by molar-refractivity contribution is 8.00. The van der Waals surface area contributed by atoms with Gasteiger partial charge in [-0.3, -0.25) is 14.3 Å². The molecule has 1 unspecified atom stereocenters. The number of benzene rings is 2. The van der Waals surface area contributed by atoms with Gasteiger partial charge in [0.2, 0.25) is 5.91 Å². The number of hydrogen-bond acceptors (Lipinski definition) is 6. The summed E-state index contributed by atoms with van der Waals surface area (Å²) < 4.78 is 7.26. The molecule has 1 amide bonds. The summed E-state index contributed by atoms with van der Waals surface area (Å²) in [6, 6.07) is 19.4. The second-order valence-electron chi connectivity index (χ2n) is 6.94. The van der Waals surface area contributed by atoms with Gasteiger partial charge in [-0.15, -0.1) is 10.2 Å². The summed E-state index contributed by atoms with van der Waals surface area (Å²) in [4.78, 5) is 17.3. The number of carbonyl (C=O) groups is 1. The second-order valence-corrected chi connectivity index (χ2v) is 8.25. The van der Waals surface area contributed by atoms with E-state index in [0.717, 1.165) is 28.0 Å². The van der Waals surface area contributed by atoms with Crippen molar-refractivity contribution < 1.29 is 9.53 Å². The van der Waals surface area contributed by atoms with Crippen LogP contribution in [-0.2, 0) is 16.1 Å². The highest BCUT2D eigenvalue weighted by Gasteiger charge is 2.21. The van der Waals surface area contributed by atoms with Crippen LogP contribution >= 0.6 is 11.8 Å². The number of aromatic nitrogens is 4. The van der Waals surface area contributed by atoms with Crippen LogP contribution in [0.3, 0.4) is 0 Å². The van der Waals surface area contributed by atoms with Gasteiger partial charge in [-0.2, -0.15) is 0 Å². The van der Waals surface area contributed by atoms with E-state index in [1.807, 2.05) is 72.2 Å². The molecule has 4 aromatic rings. The van der Waals surface area contributed by atoms with Gasteiger partial charge >= 0.3 is 0 Å². The molecule has 2 aromatic heterocycles. The van der Waals surface area contributed by atoms with Gasteiger partial charge in [0.1, 0.15) is 0 Å². The van der Waals surface area contributed by atoms with Gasteiger partial charge in [-0.25, -0.2) is 0 Å². The third-order valence-corrected chi connectivity index (χ3v) is 5.90. The molecule has 8 heteroatoms. The highest BCUT2D eigenvalue weighted by Crippen LogP contribution is 2.28. The fourth-order valence-electron chi connectivity index (χ4n) is 3.22. The van der Waals surface area contributed by atoms with Crippen LogP contribution in [0.25, 0.3) is 22.3 Å². The fraction of sp³-hybridized carbons (Fsp3) is 0.217. The van der Waals surface area contributed by atoms with E-state index < -0.39 is 0 Å². The number of carbonyl (C=O) groups excluding carboxylic acids is 1. The monoisotopic (exact) mass is 433 g/mol. The Kier molecular flexibility index (Phi) is 6.59. The third-order valence-electron chi connectivity index (χ3n) is 4.82. The quantitative estimate of drug-likeness (QED) is 0.418. The van der Waals surface area contributed by atoms with Gasteiger partial charge in [-0.05, 0) is 31.2 Å². The van der Waals surface area contributed by atoms with Gasteiger partial charge in [0, 0.05) is 24.3 Å². The van der Waals surface area contributed by atoms with Crippen LogP contribution in [0.2, 0.25) is 0 Å². The summed E-state index contributed by atoms with van der Waals surface area (Å²) in [5.41, 5.74) is 2.56. The van der Waals surface area contributed by atoms with Crippen LogP contribution in [0.15, 0.2) is 72.0 Å². The fourth-order valence-corrected chi connectivity index (χ4v) is 4.09. The number of amides is 1. The van der Waals surface area contributed by atoms with Crippen LogP contribution in [0.5, 0.6) is 0 Å². The average molecular weight is 434 g/mol. The van der Waals surface area contributed by atoms with Gasteiger partial charge < -0.3 is 10.1 Å². The van der Waals surface area contributed by atoms with Crippen molar-refractivity contribution in [3.8, 4) is 11.4 Å². The number of nitrogens with zero attached hydrogens (tertiary/aromatic N) is 4. The van der Waals surface area contributed by atoms with E-state index in [2.05, 4.69) is 20.5 Å². The Hall–Kier alpha value is -3.23. The van der Waals surface area contributed by atoms with Crippen molar-refractivity contribution in [2.45, 2.75) is 23.9 Å². The zero-order chi connectivity index (χ0) is 21.6. The van der Waals surface area contributed by atoms with E-state index in [9.17, 15) is 4.79 Å². The first-order valence-electron chi connectivity index (χ1n) is 9.96. The Labute approximate surface area is 184 Å². The molecule has 2 aromatic carbocycles. The molecule has 0 saturated heterocycles. The molecule has 0 fully saturated rings. The molecule has 0 aliphatic carbocycles. The van der Waals surface area contributed by atoms with E-state index in [1.165, 1.54) is 11.8 Å². The zero-order valence-corrected chi connectivity index (χ0v) is 18.2. The van der Waals surface area contributed by atoms with Crippen molar-refractivity contribution in [2.75, 3.05) is 19.0 Å². The highest BCUT2D eigenvalue weighted by atomic mass is 32.2. The standard InChI is InChI=1S/C23H23N5O2S/c1-16(22(29)25-20-12-6-11-19-18(20)10-7-13-24-19)31-23-27-26-21(28(23)14-15-30-2)17-8-4-3-5-9-17/h3-13,16H,14-15H2,1-2H3,(H,25,29). The molecule has 1 N–H and O–H groups in total. The second kappa shape index (κ2) is 9.72. The van der Waals surface area contributed by atoms with Crippen molar-refractivity contribution in [1.29, 1.82) is 0 Å². The maximum absolute atomic E-state index is 12.9. The Morgan fingerprint density at radius 1 is 1.10 bits per heavy atom.